The standard InChI is InChI=1S/C21H16ClN3/c1-12-2-7-18-16(10-12)15-8-9-23-21-19(15)17(11-24-21)20(25-18)13-3-5-14(22)6-4-13/h2-11,20,25H,1H3,(H,23,24). The van der Waals surface area contributed by atoms with Crippen molar-refractivity contribution in [1.82, 2.24) is 9.97 Å². The lowest BCUT2D eigenvalue weighted by molar-refractivity contribution is 0.953. The van der Waals surface area contributed by atoms with E-state index in [-0.39, 0.29) is 6.04 Å². The number of nitrogens with zero attached hydrogens (tertiary/aromatic N) is 1. The molecule has 0 radical (unpaired) electrons. The predicted octanol–water partition coefficient (Wildman–Crippen LogP) is 5.71. The zero-order valence-corrected chi connectivity index (χ0v) is 14.4. The lowest BCUT2D eigenvalue weighted by Crippen LogP contribution is -2.11. The van der Waals surface area contributed by atoms with E-state index in [1.165, 1.54) is 33.2 Å². The molecule has 2 aromatic carbocycles. The van der Waals surface area contributed by atoms with Crippen LogP contribution in [0.1, 0.15) is 22.7 Å². The van der Waals surface area contributed by atoms with Crippen LogP contribution in [0, 0.1) is 6.92 Å². The molecule has 0 spiro atoms. The maximum absolute atomic E-state index is 6.09. The van der Waals surface area contributed by atoms with Gasteiger partial charge in [0.25, 0.3) is 0 Å². The average molecular weight is 346 g/mol. The summed E-state index contributed by atoms with van der Waals surface area (Å²) >= 11 is 6.09. The fourth-order valence-electron chi connectivity index (χ4n) is 3.69. The lowest BCUT2D eigenvalue weighted by Gasteiger charge is -2.19. The molecule has 0 aliphatic carbocycles. The van der Waals surface area contributed by atoms with Crippen LogP contribution < -0.4 is 5.32 Å². The number of H-pyrrole nitrogens is 1. The highest BCUT2D eigenvalue weighted by molar-refractivity contribution is 6.30. The Balaban J connectivity index is 1.83. The molecule has 2 N–H and O–H groups in total. The molecule has 4 heteroatoms. The molecule has 0 saturated heterocycles. The van der Waals surface area contributed by atoms with Gasteiger partial charge in [-0.05, 0) is 48.4 Å². The van der Waals surface area contributed by atoms with Crippen molar-refractivity contribution < 1.29 is 0 Å². The molecule has 1 aliphatic rings. The topological polar surface area (TPSA) is 40.7 Å². The summed E-state index contributed by atoms with van der Waals surface area (Å²) in [7, 11) is 0. The third kappa shape index (κ3) is 2.24. The number of aryl methyl sites for hydroxylation is 1. The number of aromatic amines is 1. The van der Waals surface area contributed by atoms with Crippen LogP contribution in [0.2, 0.25) is 5.02 Å². The molecule has 4 aromatic rings. The summed E-state index contributed by atoms with van der Waals surface area (Å²) in [6.07, 6.45) is 3.93. The highest BCUT2D eigenvalue weighted by Gasteiger charge is 2.25. The van der Waals surface area contributed by atoms with E-state index in [1.54, 1.807) is 0 Å². The van der Waals surface area contributed by atoms with Crippen LogP contribution in [0.5, 0.6) is 0 Å². The van der Waals surface area contributed by atoms with Gasteiger partial charge in [-0.2, -0.15) is 0 Å². The Labute approximate surface area is 150 Å². The number of hydrogen-bond donors (Lipinski definition) is 2. The molecule has 0 fully saturated rings. The normalized spacial score (nSPS) is 15.5. The largest absolute Gasteiger partial charge is 0.374 e. The number of rotatable bonds is 1. The lowest BCUT2D eigenvalue weighted by atomic mass is 9.96. The van der Waals surface area contributed by atoms with Gasteiger partial charge in [-0.25, -0.2) is 4.98 Å². The average Bonchev–Trinajstić information content (AvgIpc) is 2.99. The minimum Gasteiger partial charge on any atom is -0.374 e. The second kappa shape index (κ2) is 5.36. The van der Waals surface area contributed by atoms with Gasteiger partial charge < -0.3 is 10.3 Å². The molecule has 3 nitrogen and oxygen atoms in total. The van der Waals surface area contributed by atoms with Crippen LogP contribution in [-0.2, 0) is 0 Å². The maximum atomic E-state index is 6.09. The summed E-state index contributed by atoms with van der Waals surface area (Å²) in [6.45, 7) is 2.12. The molecule has 1 atom stereocenters. The second-order valence-electron chi connectivity index (χ2n) is 6.50. The van der Waals surface area contributed by atoms with Gasteiger partial charge in [0.05, 0.1) is 6.04 Å². The molecule has 1 aliphatic heterocycles. The first kappa shape index (κ1) is 14.6. The maximum Gasteiger partial charge on any atom is 0.138 e. The van der Waals surface area contributed by atoms with Gasteiger partial charge in [0.2, 0.25) is 0 Å². The first-order chi connectivity index (χ1) is 12.2. The molecular formula is C21H16ClN3. The Bertz CT molecular complexity index is 1100. The SMILES string of the molecule is Cc1ccc2c(c1)-c1ccnc3[nH]cc(c13)C(c1ccc(Cl)cc1)N2. The zero-order chi connectivity index (χ0) is 17.0. The van der Waals surface area contributed by atoms with E-state index in [9.17, 15) is 0 Å². The predicted molar refractivity (Wildman–Crippen MR) is 103 cm³/mol. The Morgan fingerprint density at radius 3 is 2.68 bits per heavy atom. The van der Waals surface area contributed by atoms with E-state index < -0.39 is 0 Å². The summed E-state index contributed by atoms with van der Waals surface area (Å²) in [5, 5.41) is 5.65. The van der Waals surface area contributed by atoms with Gasteiger partial charge in [0.15, 0.2) is 0 Å². The molecule has 2 aromatic heterocycles. The second-order valence-corrected chi connectivity index (χ2v) is 6.94. The molecule has 25 heavy (non-hydrogen) atoms. The van der Waals surface area contributed by atoms with Crippen molar-refractivity contribution in [2.24, 2.45) is 0 Å². The fraction of sp³-hybridized carbons (Fsp3) is 0.0952. The Morgan fingerprint density at radius 2 is 1.84 bits per heavy atom. The van der Waals surface area contributed by atoms with Gasteiger partial charge in [0.1, 0.15) is 5.65 Å². The summed E-state index contributed by atoms with van der Waals surface area (Å²) < 4.78 is 0. The minimum atomic E-state index is 0.0397. The van der Waals surface area contributed by atoms with Crippen LogP contribution >= 0.6 is 11.6 Å². The summed E-state index contributed by atoms with van der Waals surface area (Å²) in [6, 6.07) is 16.7. The number of benzene rings is 2. The number of anilines is 1. The number of fused-ring (bicyclic) bond motifs is 2. The number of aromatic nitrogens is 2. The van der Waals surface area contributed by atoms with Crippen LogP contribution in [0.4, 0.5) is 5.69 Å². The van der Waals surface area contributed by atoms with Crippen molar-refractivity contribution >= 4 is 28.3 Å². The number of pyridine rings is 1. The zero-order valence-electron chi connectivity index (χ0n) is 13.7. The van der Waals surface area contributed by atoms with Crippen molar-refractivity contribution in [3.8, 4) is 11.1 Å². The van der Waals surface area contributed by atoms with Gasteiger partial charge in [-0.3, -0.25) is 0 Å². The number of hydrogen-bond acceptors (Lipinski definition) is 2. The van der Waals surface area contributed by atoms with E-state index in [0.717, 1.165) is 16.4 Å². The highest BCUT2D eigenvalue weighted by atomic mass is 35.5. The minimum absolute atomic E-state index is 0.0397. The molecule has 0 amide bonds. The third-order valence-electron chi connectivity index (χ3n) is 4.88. The van der Waals surface area contributed by atoms with Crippen LogP contribution in [0.3, 0.4) is 0 Å². The quantitative estimate of drug-likeness (QED) is 0.464. The smallest absolute Gasteiger partial charge is 0.138 e. The Morgan fingerprint density at radius 1 is 1.00 bits per heavy atom. The molecule has 0 bridgehead atoms. The van der Waals surface area contributed by atoms with Crippen LogP contribution in [0.25, 0.3) is 22.2 Å². The summed E-state index contributed by atoms with van der Waals surface area (Å²) in [5.74, 6) is 0. The highest BCUT2D eigenvalue weighted by Crippen LogP contribution is 2.43. The molecule has 122 valence electrons. The fourth-order valence-corrected chi connectivity index (χ4v) is 3.82. The monoisotopic (exact) mass is 345 g/mol. The Kier molecular flexibility index (Phi) is 3.12. The van der Waals surface area contributed by atoms with Crippen molar-refractivity contribution in [3.05, 3.63) is 82.6 Å². The van der Waals surface area contributed by atoms with Gasteiger partial charge in [-0.1, -0.05) is 35.4 Å². The molecule has 1 unspecified atom stereocenters. The third-order valence-corrected chi connectivity index (χ3v) is 5.14. The van der Waals surface area contributed by atoms with Gasteiger partial charge >= 0.3 is 0 Å². The summed E-state index contributed by atoms with van der Waals surface area (Å²) in [5.41, 5.74) is 8.10. The van der Waals surface area contributed by atoms with Crippen molar-refractivity contribution in [2.75, 3.05) is 5.32 Å². The van der Waals surface area contributed by atoms with E-state index in [1.807, 2.05) is 18.3 Å². The first-order valence-corrected chi connectivity index (χ1v) is 8.67. The number of halogens is 1. The van der Waals surface area contributed by atoms with Gasteiger partial charge in [-0.15, -0.1) is 0 Å². The van der Waals surface area contributed by atoms with Crippen LogP contribution in [0.15, 0.2) is 60.9 Å². The van der Waals surface area contributed by atoms with Crippen molar-refractivity contribution in [1.29, 1.82) is 0 Å². The molecule has 5 rings (SSSR count). The molecular weight excluding hydrogens is 330 g/mol. The van der Waals surface area contributed by atoms with E-state index in [0.29, 0.717) is 0 Å². The van der Waals surface area contributed by atoms with E-state index >= 15 is 0 Å². The van der Waals surface area contributed by atoms with Crippen molar-refractivity contribution in [3.63, 3.8) is 0 Å². The van der Waals surface area contributed by atoms with E-state index in [2.05, 4.69) is 64.8 Å². The van der Waals surface area contributed by atoms with E-state index in [4.69, 9.17) is 11.6 Å². The number of nitrogens with one attached hydrogen (secondary N) is 2. The van der Waals surface area contributed by atoms with Crippen LogP contribution in [-0.4, -0.2) is 9.97 Å². The molecule has 0 saturated carbocycles. The molecule has 3 heterocycles. The van der Waals surface area contributed by atoms with Crippen molar-refractivity contribution in [2.45, 2.75) is 13.0 Å². The summed E-state index contributed by atoms with van der Waals surface area (Å²) in [4.78, 5) is 7.85. The van der Waals surface area contributed by atoms with Gasteiger partial charge in [0, 0.05) is 39.6 Å². The first-order valence-electron chi connectivity index (χ1n) is 8.30. The Hall–Kier alpha value is -2.78.